The summed E-state index contributed by atoms with van der Waals surface area (Å²) < 4.78 is 5.52. The molecule has 2 aromatic rings. The van der Waals surface area contributed by atoms with Gasteiger partial charge in [0.2, 0.25) is 0 Å². The van der Waals surface area contributed by atoms with Crippen molar-refractivity contribution >= 4 is 10.8 Å². The van der Waals surface area contributed by atoms with E-state index in [2.05, 4.69) is 4.98 Å². The van der Waals surface area contributed by atoms with Crippen molar-refractivity contribution in [1.29, 1.82) is 0 Å². The molecule has 0 fully saturated rings. The minimum atomic E-state index is 0.0115. The molecule has 1 atom stereocenters. The van der Waals surface area contributed by atoms with E-state index >= 15 is 0 Å². The molecule has 0 amide bonds. The van der Waals surface area contributed by atoms with Crippen molar-refractivity contribution in [2.45, 2.75) is 12.5 Å². The molecule has 0 radical (unpaired) electrons. The molecule has 1 aromatic carbocycles. The van der Waals surface area contributed by atoms with Gasteiger partial charge in [-0.15, -0.1) is 0 Å². The zero-order valence-corrected chi connectivity index (χ0v) is 8.16. The van der Waals surface area contributed by atoms with E-state index < -0.39 is 0 Å². The van der Waals surface area contributed by atoms with Crippen LogP contribution in [0.3, 0.4) is 0 Å². The Morgan fingerprint density at radius 1 is 1.47 bits per heavy atom. The first-order valence-corrected chi connectivity index (χ1v) is 4.96. The highest BCUT2D eigenvalue weighted by molar-refractivity contribution is 5.92. The highest BCUT2D eigenvalue weighted by Crippen LogP contribution is 2.36. The van der Waals surface area contributed by atoms with Crippen molar-refractivity contribution in [1.82, 2.24) is 4.98 Å². The predicted octanol–water partition coefficient (Wildman–Crippen LogP) is 1.14. The summed E-state index contributed by atoms with van der Waals surface area (Å²) in [7, 11) is 0. The molecule has 1 aliphatic rings. The number of hydrogen-bond acceptors (Lipinski definition) is 3. The smallest absolute Gasteiger partial charge is 0.196 e. The first kappa shape index (κ1) is 8.61. The standard InChI is InChI=1S/C11H12N2O2/c12-7-3-8-9(15-5-7)2-1-6-4-13-11(14)10(6)8/h1-2,4,7,13-14H,3,5,12H2. The maximum atomic E-state index is 9.70. The van der Waals surface area contributed by atoms with Crippen LogP contribution in [0.15, 0.2) is 18.3 Å². The zero-order chi connectivity index (χ0) is 10.4. The summed E-state index contributed by atoms with van der Waals surface area (Å²) >= 11 is 0. The van der Waals surface area contributed by atoms with Gasteiger partial charge < -0.3 is 20.6 Å². The van der Waals surface area contributed by atoms with Crippen molar-refractivity contribution in [2.24, 2.45) is 5.73 Å². The number of hydrogen-bond donors (Lipinski definition) is 3. The van der Waals surface area contributed by atoms with Crippen molar-refractivity contribution in [3.63, 3.8) is 0 Å². The van der Waals surface area contributed by atoms with Crippen LogP contribution in [-0.4, -0.2) is 22.7 Å². The second kappa shape index (κ2) is 2.90. The lowest BCUT2D eigenvalue weighted by Gasteiger charge is -2.22. The summed E-state index contributed by atoms with van der Waals surface area (Å²) in [5, 5.41) is 11.5. The Labute approximate surface area is 86.7 Å². The van der Waals surface area contributed by atoms with Crippen LogP contribution in [0.4, 0.5) is 0 Å². The summed E-state index contributed by atoms with van der Waals surface area (Å²) in [6.45, 7) is 0.545. The molecule has 4 nitrogen and oxygen atoms in total. The van der Waals surface area contributed by atoms with Gasteiger partial charge in [-0.3, -0.25) is 0 Å². The first-order chi connectivity index (χ1) is 7.25. The maximum Gasteiger partial charge on any atom is 0.196 e. The Morgan fingerprint density at radius 3 is 3.20 bits per heavy atom. The van der Waals surface area contributed by atoms with Gasteiger partial charge in [0.05, 0.1) is 5.39 Å². The monoisotopic (exact) mass is 204 g/mol. The molecule has 1 aliphatic heterocycles. The van der Waals surface area contributed by atoms with E-state index in [0.29, 0.717) is 6.61 Å². The number of nitrogens with one attached hydrogen (secondary N) is 1. The fourth-order valence-corrected chi connectivity index (χ4v) is 2.12. The molecule has 4 heteroatoms. The maximum absolute atomic E-state index is 9.70. The first-order valence-electron chi connectivity index (χ1n) is 4.96. The van der Waals surface area contributed by atoms with Gasteiger partial charge in [0.15, 0.2) is 5.88 Å². The second-order valence-corrected chi connectivity index (χ2v) is 3.92. The van der Waals surface area contributed by atoms with E-state index in [1.54, 1.807) is 6.20 Å². The average molecular weight is 204 g/mol. The highest BCUT2D eigenvalue weighted by atomic mass is 16.5. The van der Waals surface area contributed by atoms with E-state index in [9.17, 15) is 5.11 Å². The molecule has 0 spiro atoms. The number of aromatic amines is 1. The third-order valence-electron chi connectivity index (χ3n) is 2.82. The van der Waals surface area contributed by atoms with Crippen LogP contribution < -0.4 is 10.5 Å². The minimum Gasteiger partial charge on any atom is -0.494 e. The Bertz CT molecular complexity index is 519. The largest absolute Gasteiger partial charge is 0.494 e. The van der Waals surface area contributed by atoms with E-state index in [1.807, 2.05) is 12.1 Å². The molecule has 0 bridgehead atoms. The van der Waals surface area contributed by atoms with Gasteiger partial charge in [-0.2, -0.15) is 0 Å². The molecular formula is C11H12N2O2. The van der Waals surface area contributed by atoms with Gasteiger partial charge in [-0.25, -0.2) is 0 Å². The van der Waals surface area contributed by atoms with Crippen LogP contribution in [-0.2, 0) is 6.42 Å². The number of aromatic hydroxyl groups is 1. The third-order valence-corrected chi connectivity index (χ3v) is 2.82. The van der Waals surface area contributed by atoms with Gasteiger partial charge in [0.25, 0.3) is 0 Å². The molecule has 0 saturated heterocycles. The van der Waals surface area contributed by atoms with Crippen LogP contribution in [0, 0.1) is 0 Å². The number of aromatic nitrogens is 1. The van der Waals surface area contributed by atoms with Crippen LogP contribution in [0.2, 0.25) is 0 Å². The van der Waals surface area contributed by atoms with Gasteiger partial charge >= 0.3 is 0 Å². The molecular weight excluding hydrogens is 192 g/mol. The molecule has 15 heavy (non-hydrogen) atoms. The summed E-state index contributed by atoms with van der Waals surface area (Å²) in [6, 6.07) is 3.87. The van der Waals surface area contributed by atoms with Gasteiger partial charge in [0.1, 0.15) is 12.4 Å². The Morgan fingerprint density at radius 2 is 2.33 bits per heavy atom. The van der Waals surface area contributed by atoms with Crippen molar-refractivity contribution in [3.8, 4) is 11.6 Å². The van der Waals surface area contributed by atoms with Gasteiger partial charge in [-0.05, 0) is 18.6 Å². The number of nitrogens with two attached hydrogens (primary N) is 1. The number of H-pyrrole nitrogens is 1. The van der Waals surface area contributed by atoms with Crippen molar-refractivity contribution in [3.05, 3.63) is 23.9 Å². The van der Waals surface area contributed by atoms with E-state index in [-0.39, 0.29) is 11.9 Å². The molecule has 0 saturated carbocycles. The predicted molar refractivity (Wildman–Crippen MR) is 57.1 cm³/mol. The molecule has 3 rings (SSSR count). The van der Waals surface area contributed by atoms with E-state index in [1.165, 1.54) is 0 Å². The number of fused-ring (bicyclic) bond motifs is 3. The molecule has 0 aliphatic carbocycles. The zero-order valence-electron chi connectivity index (χ0n) is 8.16. The second-order valence-electron chi connectivity index (χ2n) is 3.92. The summed E-state index contributed by atoms with van der Waals surface area (Å²) in [5.41, 5.74) is 6.85. The lowest BCUT2D eigenvalue weighted by molar-refractivity contribution is 0.264. The topological polar surface area (TPSA) is 71.3 Å². The average Bonchev–Trinajstić information content (AvgIpc) is 2.60. The third kappa shape index (κ3) is 1.18. The van der Waals surface area contributed by atoms with Crippen LogP contribution in [0.1, 0.15) is 5.56 Å². The van der Waals surface area contributed by atoms with Crippen LogP contribution >= 0.6 is 0 Å². The van der Waals surface area contributed by atoms with Gasteiger partial charge in [0, 0.05) is 23.2 Å². The normalized spacial score (nSPS) is 19.9. The fraction of sp³-hybridized carbons (Fsp3) is 0.273. The Hall–Kier alpha value is -1.68. The van der Waals surface area contributed by atoms with Gasteiger partial charge in [-0.1, -0.05) is 0 Å². The highest BCUT2D eigenvalue weighted by Gasteiger charge is 2.21. The minimum absolute atomic E-state index is 0.0115. The summed E-state index contributed by atoms with van der Waals surface area (Å²) in [5.74, 6) is 1.03. The van der Waals surface area contributed by atoms with Crippen LogP contribution in [0.25, 0.3) is 10.8 Å². The Kier molecular flexibility index (Phi) is 1.67. The lowest BCUT2D eigenvalue weighted by Crippen LogP contribution is -2.33. The quantitative estimate of drug-likeness (QED) is 0.602. The van der Waals surface area contributed by atoms with Crippen molar-refractivity contribution in [2.75, 3.05) is 6.61 Å². The number of ether oxygens (including phenoxy) is 1. The SMILES string of the molecule is NC1COc2ccc3c[nH]c(O)c3c2C1. The fourth-order valence-electron chi connectivity index (χ4n) is 2.12. The molecule has 1 unspecified atom stereocenters. The Balaban J connectivity index is 2.31. The number of rotatable bonds is 0. The van der Waals surface area contributed by atoms with E-state index in [4.69, 9.17) is 10.5 Å². The molecule has 1 aromatic heterocycles. The molecule has 4 N–H and O–H groups in total. The molecule has 78 valence electrons. The molecule has 2 heterocycles. The lowest BCUT2D eigenvalue weighted by atomic mass is 9.99. The number of benzene rings is 1. The van der Waals surface area contributed by atoms with Crippen LogP contribution in [0.5, 0.6) is 11.6 Å². The van der Waals surface area contributed by atoms with E-state index in [0.717, 1.165) is 28.5 Å². The summed E-state index contributed by atoms with van der Waals surface area (Å²) in [6.07, 6.45) is 2.53. The summed E-state index contributed by atoms with van der Waals surface area (Å²) in [4.78, 5) is 2.80. The van der Waals surface area contributed by atoms with Crippen molar-refractivity contribution < 1.29 is 9.84 Å².